The molecule has 1 fully saturated rings. The third-order valence-corrected chi connectivity index (χ3v) is 4.04. The summed E-state index contributed by atoms with van der Waals surface area (Å²) in [6.45, 7) is 8.57. The van der Waals surface area contributed by atoms with Gasteiger partial charge in [-0.05, 0) is 24.2 Å². The molecule has 1 aliphatic rings. The molecule has 0 radical (unpaired) electrons. The SMILES string of the molecule is CC1CCC(c2noc([C@H](N)C(C)(C)C)n2)CC1. The molecule has 1 heterocycles. The Morgan fingerprint density at radius 2 is 1.83 bits per heavy atom. The molecule has 0 bridgehead atoms. The van der Waals surface area contributed by atoms with E-state index in [1.54, 1.807) is 0 Å². The van der Waals surface area contributed by atoms with E-state index < -0.39 is 0 Å². The van der Waals surface area contributed by atoms with Crippen LogP contribution < -0.4 is 5.73 Å². The van der Waals surface area contributed by atoms with Crippen molar-refractivity contribution in [1.29, 1.82) is 0 Å². The summed E-state index contributed by atoms with van der Waals surface area (Å²) in [5, 5.41) is 4.13. The lowest BCUT2D eigenvalue weighted by Gasteiger charge is -2.24. The van der Waals surface area contributed by atoms with Gasteiger partial charge in [0.2, 0.25) is 5.89 Å². The standard InChI is InChI=1S/C14H25N3O/c1-9-5-7-10(8-6-9)12-16-13(18-17-12)11(15)14(2,3)4/h9-11H,5-8,15H2,1-4H3/t9?,10?,11-/m0/s1. The molecule has 2 rings (SSSR count). The second-order valence-corrected chi connectivity index (χ2v) is 6.79. The van der Waals surface area contributed by atoms with Crippen LogP contribution in [0.5, 0.6) is 0 Å². The van der Waals surface area contributed by atoms with Crippen LogP contribution in [0.25, 0.3) is 0 Å². The van der Waals surface area contributed by atoms with Crippen molar-refractivity contribution < 1.29 is 4.52 Å². The predicted molar refractivity (Wildman–Crippen MR) is 71.1 cm³/mol. The van der Waals surface area contributed by atoms with E-state index in [0.717, 1.165) is 11.7 Å². The highest BCUT2D eigenvalue weighted by Crippen LogP contribution is 2.35. The topological polar surface area (TPSA) is 64.9 Å². The van der Waals surface area contributed by atoms with Crippen LogP contribution in [0.1, 0.15) is 77.1 Å². The van der Waals surface area contributed by atoms with Crippen molar-refractivity contribution in [3.63, 3.8) is 0 Å². The van der Waals surface area contributed by atoms with E-state index in [1.807, 2.05) is 0 Å². The molecule has 0 unspecified atom stereocenters. The van der Waals surface area contributed by atoms with Crippen molar-refractivity contribution in [1.82, 2.24) is 10.1 Å². The summed E-state index contributed by atoms with van der Waals surface area (Å²) < 4.78 is 5.35. The molecule has 0 amide bonds. The summed E-state index contributed by atoms with van der Waals surface area (Å²) in [6, 6.07) is -0.193. The molecular weight excluding hydrogens is 226 g/mol. The summed E-state index contributed by atoms with van der Waals surface area (Å²) in [5.74, 6) is 2.74. The minimum absolute atomic E-state index is 0.0507. The van der Waals surface area contributed by atoms with Crippen LogP contribution >= 0.6 is 0 Å². The normalized spacial score (nSPS) is 27.2. The molecular formula is C14H25N3O. The predicted octanol–water partition coefficient (Wildman–Crippen LogP) is 3.41. The van der Waals surface area contributed by atoms with E-state index in [2.05, 4.69) is 37.8 Å². The second kappa shape index (κ2) is 5.00. The van der Waals surface area contributed by atoms with Gasteiger partial charge in [0.1, 0.15) is 0 Å². The van der Waals surface area contributed by atoms with Gasteiger partial charge in [-0.3, -0.25) is 0 Å². The van der Waals surface area contributed by atoms with E-state index in [-0.39, 0.29) is 11.5 Å². The molecule has 0 saturated heterocycles. The summed E-state index contributed by atoms with van der Waals surface area (Å²) in [4.78, 5) is 4.52. The Bertz CT molecular complexity index is 386. The first-order chi connectivity index (χ1) is 8.38. The molecule has 18 heavy (non-hydrogen) atoms. The van der Waals surface area contributed by atoms with E-state index in [1.165, 1.54) is 25.7 Å². The highest BCUT2D eigenvalue weighted by atomic mass is 16.5. The Labute approximate surface area is 109 Å². The van der Waals surface area contributed by atoms with Crippen LogP contribution in [-0.4, -0.2) is 10.1 Å². The minimum Gasteiger partial charge on any atom is -0.338 e. The molecule has 1 aromatic rings. The van der Waals surface area contributed by atoms with Crippen molar-refractivity contribution in [2.75, 3.05) is 0 Å². The van der Waals surface area contributed by atoms with Gasteiger partial charge in [0.15, 0.2) is 5.82 Å². The monoisotopic (exact) mass is 251 g/mol. The van der Waals surface area contributed by atoms with Gasteiger partial charge in [0, 0.05) is 5.92 Å². The molecule has 2 N–H and O–H groups in total. The molecule has 1 aliphatic carbocycles. The molecule has 0 aliphatic heterocycles. The Kier molecular flexibility index (Phi) is 3.76. The molecule has 0 aromatic carbocycles. The Balaban J connectivity index is 2.06. The summed E-state index contributed by atoms with van der Waals surface area (Å²) in [7, 11) is 0. The highest BCUT2D eigenvalue weighted by molar-refractivity contribution is 5.01. The third-order valence-electron chi connectivity index (χ3n) is 4.04. The lowest BCUT2D eigenvalue weighted by molar-refractivity contribution is 0.251. The van der Waals surface area contributed by atoms with E-state index >= 15 is 0 Å². The molecule has 4 nitrogen and oxygen atoms in total. The first-order valence-electron chi connectivity index (χ1n) is 6.97. The van der Waals surface area contributed by atoms with E-state index in [0.29, 0.717) is 11.8 Å². The van der Waals surface area contributed by atoms with Gasteiger partial charge in [-0.15, -0.1) is 0 Å². The van der Waals surface area contributed by atoms with Crippen molar-refractivity contribution in [2.24, 2.45) is 17.1 Å². The fourth-order valence-electron chi connectivity index (χ4n) is 2.43. The number of aromatic nitrogens is 2. The van der Waals surface area contributed by atoms with Gasteiger partial charge in [-0.2, -0.15) is 4.98 Å². The van der Waals surface area contributed by atoms with Crippen molar-refractivity contribution in [2.45, 2.75) is 65.3 Å². The van der Waals surface area contributed by atoms with Crippen LogP contribution in [-0.2, 0) is 0 Å². The molecule has 1 aromatic heterocycles. The zero-order valence-corrected chi connectivity index (χ0v) is 11.9. The second-order valence-electron chi connectivity index (χ2n) is 6.79. The fourth-order valence-corrected chi connectivity index (χ4v) is 2.43. The van der Waals surface area contributed by atoms with E-state index in [4.69, 9.17) is 10.3 Å². The van der Waals surface area contributed by atoms with Gasteiger partial charge in [0.25, 0.3) is 0 Å². The molecule has 0 spiro atoms. The summed E-state index contributed by atoms with van der Waals surface area (Å²) in [5.41, 5.74) is 6.09. The van der Waals surface area contributed by atoms with Gasteiger partial charge in [-0.1, -0.05) is 45.7 Å². The molecule has 1 atom stereocenters. The highest BCUT2D eigenvalue weighted by Gasteiger charge is 2.30. The van der Waals surface area contributed by atoms with Gasteiger partial charge in [0.05, 0.1) is 6.04 Å². The average molecular weight is 251 g/mol. The largest absolute Gasteiger partial charge is 0.338 e. The van der Waals surface area contributed by atoms with Crippen LogP contribution in [0.3, 0.4) is 0 Å². The molecule has 4 heteroatoms. The smallest absolute Gasteiger partial charge is 0.244 e. The van der Waals surface area contributed by atoms with Crippen molar-refractivity contribution >= 4 is 0 Å². The van der Waals surface area contributed by atoms with Crippen LogP contribution in [0.2, 0.25) is 0 Å². The van der Waals surface area contributed by atoms with Crippen molar-refractivity contribution in [3.8, 4) is 0 Å². The number of hydrogen-bond acceptors (Lipinski definition) is 4. The Hall–Kier alpha value is -0.900. The van der Waals surface area contributed by atoms with Crippen LogP contribution in [0, 0.1) is 11.3 Å². The molecule has 102 valence electrons. The first-order valence-corrected chi connectivity index (χ1v) is 6.97. The molecule has 1 saturated carbocycles. The number of nitrogens with zero attached hydrogens (tertiary/aromatic N) is 2. The lowest BCUT2D eigenvalue weighted by atomic mass is 9.82. The Morgan fingerprint density at radius 3 is 2.39 bits per heavy atom. The van der Waals surface area contributed by atoms with E-state index in [9.17, 15) is 0 Å². The van der Waals surface area contributed by atoms with Gasteiger partial charge >= 0.3 is 0 Å². The number of nitrogens with two attached hydrogens (primary N) is 1. The number of hydrogen-bond donors (Lipinski definition) is 1. The van der Waals surface area contributed by atoms with Crippen LogP contribution in [0.4, 0.5) is 0 Å². The quantitative estimate of drug-likeness (QED) is 0.874. The first kappa shape index (κ1) is 13.5. The van der Waals surface area contributed by atoms with Gasteiger partial charge < -0.3 is 10.3 Å². The Morgan fingerprint density at radius 1 is 1.22 bits per heavy atom. The maximum atomic E-state index is 6.14. The maximum Gasteiger partial charge on any atom is 0.244 e. The zero-order valence-electron chi connectivity index (χ0n) is 11.9. The number of rotatable bonds is 2. The minimum atomic E-state index is -0.193. The van der Waals surface area contributed by atoms with Gasteiger partial charge in [-0.25, -0.2) is 0 Å². The third kappa shape index (κ3) is 2.91. The zero-order chi connectivity index (χ0) is 13.3. The van der Waals surface area contributed by atoms with Crippen LogP contribution in [0.15, 0.2) is 4.52 Å². The fraction of sp³-hybridized carbons (Fsp3) is 0.857. The summed E-state index contributed by atoms with van der Waals surface area (Å²) in [6.07, 6.45) is 4.87. The summed E-state index contributed by atoms with van der Waals surface area (Å²) >= 11 is 0. The maximum absolute atomic E-state index is 6.14. The van der Waals surface area contributed by atoms with Crippen molar-refractivity contribution in [3.05, 3.63) is 11.7 Å². The lowest BCUT2D eigenvalue weighted by Crippen LogP contribution is -2.26. The average Bonchev–Trinajstić information content (AvgIpc) is 2.77.